The molecule has 3 N–H and O–H groups in total. The van der Waals surface area contributed by atoms with Crippen molar-refractivity contribution < 1.29 is 23.1 Å². The van der Waals surface area contributed by atoms with E-state index >= 15 is 0 Å². The zero-order valence-electron chi connectivity index (χ0n) is 13.8. The number of hydrogen-bond donors (Lipinski definition) is 3. The van der Waals surface area contributed by atoms with E-state index in [1.807, 2.05) is 17.5 Å². The Balaban J connectivity index is 1.67. The summed E-state index contributed by atoms with van der Waals surface area (Å²) in [7, 11) is -3.69. The topological polar surface area (TPSA) is 113 Å². The van der Waals surface area contributed by atoms with Gasteiger partial charge in [0.2, 0.25) is 10.0 Å². The second kappa shape index (κ2) is 7.18. The summed E-state index contributed by atoms with van der Waals surface area (Å²) in [6.07, 6.45) is 1.54. The molecule has 2 aromatic rings. The monoisotopic (exact) mass is 394 g/mol. The fourth-order valence-electron chi connectivity index (χ4n) is 2.66. The highest BCUT2D eigenvalue weighted by molar-refractivity contribution is 7.89. The Morgan fingerprint density at radius 3 is 2.35 bits per heavy atom. The van der Waals surface area contributed by atoms with Crippen LogP contribution in [0.2, 0.25) is 0 Å². The average Bonchev–Trinajstić information content (AvgIpc) is 3.09. The zero-order chi connectivity index (χ0) is 18.8. The molecule has 1 aromatic carbocycles. The molecule has 0 bridgehead atoms. The number of thiophene rings is 1. The standard InChI is InChI=1S/C17H18N2O5S2/c20-15(19-17(16(21)22)8-2-9-17)12-4-6-14(7-5-12)26(23,24)18-11-13-3-1-10-25-13/h1,3-7,10,18H,2,8-9,11H2,(H,19,20)(H,21,22). The van der Waals surface area contributed by atoms with E-state index in [9.17, 15) is 23.1 Å². The van der Waals surface area contributed by atoms with Crippen LogP contribution in [0.3, 0.4) is 0 Å². The van der Waals surface area contributed by atoms with Crippen LogP contribution in [-0.2, 0) is 21.4 Å². The number of benzene rings is 1. The van der Waals surface area contributed by atoms with Gasteiger partial charge in [0, 0.05) is 17.0 Å². The molecule has 1 aliphatic carbocycles. The number of aliphatic carboxylic acids is 1. The third kappa shape index (κ3) is 3.79. The predicted octanol–water partition coefficient (Wildman–Crippen LogP) is 1.96. The molecule has 0 atom stereocenters. The van der Waals surface area contributed by atoms with Crippen LogP contribution in [-0.4, -0.2) is 30.9 Å². The number of carboxylic acid groups (broad SMARTS) is 1. The Labute approximate surface area is 155 Å². The molecule has 1 aromatic heterocycles. The molecule has 1 aliphatic rings. The maximum absolute atomic E-state index is 12.3. The van der Waals surface area contributed by atoms with Gasteiger partial charge in [-0.05, 0) is 55.0 Å². The highest BCUT2D eigenvalue weighted by Crippen LogP contribution is 2.32. The van der Waals surface area contributed by atoms with Crippen molar-refractivity contribution in [1.82, 2.24) is 10.0 Å². The van der Waals surface area contributed by atoms with E-state index in [1.165, 1.54) is 35.6 Å². The van der Waals surface area contributed by atoms with Gasteiger partial charge in [0.25, 0.3) is 5.91 Å². The fraction of sp³-hybridized carbons (Fsp3) is 0.294. The van der Waals surface area contributed by atoms with Crippen molar-refractivity contribution in [3.63, 3.8) is 0 Å². The molecule has 7 nitrogen and oxygen atoms in total. The van der Waals surface area contributed by atoms with Gasteiger partial charge in [-0.1, -0.05) is 6.07 Å². The van der Waals surface area contributed by atoms with E-state index in [4.69, 9.17) is 0 Å². The normalized spacial score (nSPS) is 15.8. The van der Waals surface area contributed by atoms with Gasteiger partial charge in [-0.25, -0.2) is 17.9 Å². The molecule has 1 fully saturated rings. The molecule has 1 amide bonds. The van der Waals surface area contributed by atoms with E-state index in [0.717, 1.165) is 11.3 Å². The fourth-order valence-corrected chi connectivity index (χ4v) is 4.40. The summed E-state index contributed by atoms with van der Waals surface area (Å²) in [5, 5.41) is 13.7. The second-order valence-corrected chi connectivity index (χ2v) is 8.92. The van der Waals surface area contributed by atoms with Crippen molar-refractivity contribution in [2.75, 3.05) is 0 Å². The number of carbonyl (C=O) groups excluding carboxylic acids is 1. The molecule has 0 radical (unpaired) electrons. The van der Waals surface area contributed by atoms with Crippen molar-refractivity contribution >= 4 is 33.2 Å². The summed E-state index contributed by atoms with van der Waals surface area (Å²) < 4.78 is 27.1. The molecule has 9 heteroatoms. The first kappa shape index (κ1) is 18.6. The van der Waals surface area contributed by atoms with Crippen LogP contribution in [0.4, 0.5) is 0 Å². The van der Waals surface area contributed by atoms with Crippen LogP contribution >= 0.6 is 11.3 Å². The minimum absolute atomic E-state index is 0.0437. The van der Waals surface area contributed by atoms with Crippen LogP contribution in [0.5, 0.6) is 0 Å². The SMILES string of the molecule is O=C(NC1(C(=O)O)CCC1)c1ccc(S(=O)(=O)NCc2cccs2)cc1. The van der Waals surface area contributed by atoms with Crippen molar-refractivity contribution in [2.24, 2.45) is 0 Å². The summed E-state index contributed by atoms with van der Waals surface area (Å²) >= 11 is 1.45. The van der Waals surface area contributed by atoms with Gasteiger partial charge in [-0.15, -0.1) is 11.3 Å². The Hall–Kier alpha value is -2.23. The van der Waals surface area contributed by atoms with Crippen LogP contribution in [0.1, 0.15) is 34.5 Å². The number of nitrogens with one attached hydrogen (secondary N) is 2. The largest absolute Gasteiger partial charge is 0.480 e. The summed E-state index contributed by atoms with van der Waals surface area (Å²) in [5.41, 5.74) is -0.987. The number of hydrogen-bond acceptors (Lipinski definition) is 5. The molecule has 3 rings (SSSR count). The first-order chi connectivity index (χ1) is 12.3. The first-order valence-corrected chi connectivity index (χ1v) is 10.4. The maximum atomic E-state index is 12.3. The molecular formula is C17H18N2O5S2. The molecule has 0 aliphatic heterocycles. The summed E-state index contributed by atoms with van der Waals surface area (Å²) in [4.78, 5) is 24.5. The smallest absolute Gasteiger partial charge is 0.329 e. The summed E-state index contributed by atoms with van der Waals surface area (Å²) in [6, 6.07) is 9.10. The van der Waals surface area contributed by atoms with E-state index in [-0.39, 0.29) is 17.0 Å². The highest BCUT2D eigenvalue weighted by atomic mass is 32.2. The molecule has 1 saturated carbocycles. The predicted molar refractivity (Wildman–Crippen MR) is 96.5 cm³/mol. The number of rotatable bonds is 7. The van der Waals surface area contributed by atoms with Crippen LogP contribution in [0, 0.1) is 0 Å². The van der Waals surface area contributed by atoms with Gasteiger partial charge in [0.15, 0.2) is 0 Å². The highest BCUT2D eigenvalue weighted by Gasteiger charge is 2.45. The summed E-state index contributed by atoms with van der Waals surface area (Å²) in [6.45, 7) is 0.198. The lowest BCUT2D eigenvalue weighted by atomic mass is 9.76. The third-order valence-corrected chi connectivity index (χ3v) is 6.71. The van der Waals surface area contributed by atoms with Crippen LogP contribution in [0.15, 0.2) is 46.7 Å². The third-order valence-electron chi connectivity index (χ3n) is 4.41. The van der Waals surface area contributed by atoms with Gasteiger partial charge in [-0.2, -0.15) is 0 Å². The number of amides is 1. The molecule has 138 valence electrons. The Kier molecular flexibility index (Phi) is 5.12. The van der Waals surface area contributed by atoms with Gasteiger partial charge in [0.05, 0.1) is 4.90 Å². The molecule has 0 spiro atoms. The molecule has 1 heterocycles. The van der Waals surface area contributed by atoms with E-state index in [0.29, 0.717) is 12.8 Å². The quantitative estimate of drug-likeness (QED) is 0.665. The molecule has 0 unspecified atom stereocenters. The van der Waals surface area contributed by atoms with Crippen molar-refractivity contribution in [2.45, 2.75) is 36.2 Å². The maximum Gasteiger partial charge on any atom is 0.329 e. The van der Waals surface area contributed by atoms with Gasteiger partial charge in [0.1, 0.15) is 5.54 Å². The van der Waals surface area contributed by atoms with E-state index < -0.39 is 27.4 Å². The number of carboxylic acids is 1. The van der Waals surface area contributed by atoms with Crippen molar-refractivity contribution in [3.05, 3.63) is 52.2 Å². The van der Waals surface area contributed by atoms with Crippen molar-refractivity contribution in [3.8, 4) is 0 Å². The number of sulfonamides is 1. The lowest BCUT2D eigenvalue weighted by molar-refractivity contribution is -0.148. The minimum Gasteiger partial charge on any atom is -0.480 e. The first-order valence-electron chi connectivity index (χ1n) is 8.00. The summed E-state index contributed by atoms with van der Waals surface area (Å²) in [5.74, 6) is -1.57. The number of carbonyl (C=O) groups is 2. The van der Waals surface area contributed by atoms with E-state index in [2.05, 4.69) is 10.0 Å². The molecule has 26 heavy (non-hydrogen) atoms. The zero-order valence-corrected chi connectivity index (χ0v) is 15.4. The lowest BCUT2D eigenvalue weighted by Gasteiger charge is -2.38. The van der Waals surface area contributed by atoms with Gasteiger partial charge >= 0.3 is 5.97 Å². The van der Waals surface area contributed by atoms with Gasteiger partial charge in [-0.3, -0.25) is 4.79 Å². The van der Waals surface area contributed by atoms with Crippen molar-refractivity contribution in [1.29, 1.82) is 0 Å². The Morgan fingerprint density at radius 1 is 1.15 bits per heavy atom. The van der Waals surface area contributed by atoms with Gasteiger partial charge < -0.3 is 10.4 Å². The average molecular weight is 394 g/mol. The van der Waals surface area contributed by atoms with Crippen LogP contribution < -0.4 is 10.0 Å². The van der Waals surface area contributed by atoms with E-state index in [1.54, 1.807) is 0 Å². The Bertz CT molecular complexity index is 901. The van der Waals surface area contributed by atoms with Crippen LogP contribution in [0.25, 0.3) is 0 Å². The lowest BCUT2D eigenvalue weighted by Crippen LogP contribution is -2.59. The molecular weight excluding hydrogens is 376 g/mol. The Morgan fingerprint density at radius 2 is 1.85 bits per heavy atom. The second-order valence-electron chi connectivity index (χ2n) is 6.12. The molecule has 0 saturated heterocycles. The minimum atomic E-state index is -3.69.